The fraction of sp³-hybridized carbons (Fsp3) is 0.667. The molecule has 1 amide bonds. The van der Waals surface area contributed by atoms with E-state index >= 15 is 0 Å². The Morgan fingerprint density at radius 3 is 2.74 bits per heavy atom. The van der Waals surface area contributed by atoms with Crippen molar-refractivity contribution in [3.63, 3.8) is 0 Å². The summed E-state index contributed by atoms with van der Waals surface area (Å²) in [6.45, 7) is 4.40. The van der Waals surface area contributed by atoms with Gasteiger partial charge in [-0.25, -0.2) is 4.98 Å². The molecule has 0 saturated carbocycles. The standard InChI is InChI=1S/C12H20N4O3/c1-4-6-9-13-11(15-14-9)12(18)16(3)8-7-10(17)19-5-2/h4-8H2,1-3H3,(H,13,14,15). The Morgan fingerprint density at radius 1 is 1.37 bits per heavy atom. The second-order valence-electron chi connectivity index (χ2n) is 4.14. The van der Waals surface area contributed by atoms with Gasteiger partial charge in [-0.3, -0.25) is 14.7 Å². The summed E-state index contributed by atoms with van der Waals surface area (Å²) in [4.78, 5) is 28.7. The number of carbonyl (C=O) groups is 2. The highest BCUT2D eigenvalue weighted by Crippen LogP contribution is 2.01. The highest BCUT2D eigenvalue weighted by Gasteiger charge is 2.17. The zero-order valence-electron chi connectivity index (χ0n) is 11.6. The maximum atomic E-state index is 12.0. The van der Waals surface area contributed by atoms with Crippen LogP contribution in [-0.2, 0) is 16.0 Å². The lowest BCUT2D eigenvalue weighted by Gasteiger charge is -2.14. The van der Waals surface area contributed by atoms with Crippen LogP contribution in [0.4, 0.5) is 0 Å². The Bertz CT molecular complexity index is 430. The predicted molar refractivity (Wildman–Crippen MR) is 68.6 cm³/mol. The molecule has 0 radical (unpaired) electrons. The zero-order valence-corrected chi connectivity index (χ0v) is 11.6. The number of aryl methyl sites for hydroxylation is 1. The van der Waals surface area contributed by atoms with E-state index in [4.69, 9.17) is 4.74 Å². The molecule has 106 valence electrons. The normalized spacial score (nSPS) is 10.3. The summed E-state index contributed by atoms with van der Waals surface area (Å²) < 4.78 is 4.80. The smallest absolute Gasteiger partial charge is 0.307 e. The lowest BCUT2D eigenvalue weighted by atomic mass is 10.3. The van der Waals surface area contributed by atoms with Crippen molar-refractivity contribution in [3.8, 4) is 0 Å². The first-order chi connectivity index (χ1) is 9.08. The van der Waals surface area contributed by atoms with Crippen LogP contribution in [0, 0.1) is 0 Å². The second kappa shape index (κ2) is 7.50. The molecule has 1 rings (SSSR count). The molecule has 1 heterocycles. The first kappa shape index (κ1) is 15.1. The molecule has 0 aromatic carbocycles. The Labute approximate surface area is 112 Å². The van der Waals surface area contributed by atoms with Gasteiger partial charge in [0.1, 0.15) is 5.82 Å². The zero-order chi connectivity index (χ0) is 14.3. The Hall–Kier alpha value is -1.92. The van der Waals surface area contributed by atoms with Gasteiger partial charge in [0, 0.05) is 20.0 Å². The number of hydrogen-bond acceptors (Lipinski definition) is 5. The minimum absolute atomic E-state index is 0.134. The number of esters is 1. The van der Waals surface area contributed by atoms with Gasteiger partial charge in [-0.2, -0.15) is 0 Å². The van der Waals surface area contributed by atoms with Crippen molar-refractivity contribution in [1.82, 2.24) is 20.1 Å². The van der Waals surface area contributed by atoms with Crippen LogP contribution < -0.4 is 0 Å². The Morgan fingerprint density at radius 2 is 2.11 bits per heavy atom. The topological polar surface area (TPSA) is 88.2 Å². The van der Waals surface area contributed by atoms with Crippen molar-refractivity contribution < 1.29 is 14.3 Å². The lowest BCUT2D eigenvalue weighted by Crippen LogP contribution is -2.30. The van der Waals surface area contributed by atoms with Crippen LogP contribution in [0.5, 0.6) is 0 Å². The molecular formula is C12H20N4O3. The number of aromatic nitrogens is 3. The molecule has 0 saturated heterocycles. The number of rotatable bonds is 7. The van der Waals surface area contributed by atoms with Crippen molar-refractivity contribution in [2.75, 3.05) is 20.2 Å². The van der Waals surface area contributed by atoms with Gasteiger partial charge in [0.15, 0.2) is 0 Å². The molecule has 7 heteroatoms. The van der Waals surface area contributed by atoms with E-state index in [9.17, 15) is 9.59 Å². The fourth-order valence-electron chi connectivity index (χ4n) is 1.50. The molecule has 1 aromatic heterocycles. The van der Waals surface area contributed by atoms with E-state index in [0.29, 0.717) is 12.4 Å². The summed E-state index contributed by atoms with van der Waals surface area (Å²) in [7, 11) is 1.61. The van der Waals surface area contributed by atoms with Gasteiger partial charge < -0.3 is 9.64 Å². The van der Waals surface area contributed by atoms with E-state index in [0.717, 1.165) is 12.8 Å². The highest BCUT2D eigenvalue weighted by atomic mass is 16.5. The van der Waals surface area contributed by atoms with Crippen LogP contribution in [0.3, 0.4) is 0 Å². The summed E-state index contributed by atoms with van der Waals surface area (Å²) >= 11 is 0. The van der Waals surface area contributed by atoms with Crippen molar-refractivity contribution in [3.05, 3.63) is 11.6 Å². The van der Waals surface area contributed by atoms with Gasteiger partial charge in [0.05, 0.1) is 13.0 Å². The lowest BCUT2D eigenvalue weighted by molar-refractivity contribution is -0.143. The minimum Gasteiger partial charge on any atom is -0.466 e. The summed E-state index contributed by atoms with van der Waals surface area (Å²) in [6.07, 6.45) is 1.86. The first-order valence-electron chi connectivity index (χ1n) is 6.40. The maximum Gasteiger partial charge on any atom is 0.307 e. The number of aromatic amines is 1. The monoisotopic (exact) mass is 268 g/mol. The molecule has 0 aliphatic carbocycles. The van der Waals surface area contributed by atoms with Crippen LogP contribution in [0.1, 0.15) is 43.1 Å². The Kier molecular flexibility index (Phi) is 5.98. The molecular weight excluding hydrogens is 248 g/mol. The molecule has 0 spiro atoms. The fourth-order valence-corrected chi connectivity index (χ4v) is 1.50. The van der Waals surface area contributed by atoms with E-state index in [1.165, 1.54) is 4.90 Å². The molecule has 0 aliphatic heterocycles. The van der Waals surface area contributed by atoms with Gasteiger partial charge in [0.25, 0.3) is 5.91 Å². The third-order valence-corrected chi connectivity index (χ3v) is 2.51. The number of ether oxygens (including phenoxy) is 1. The van der Waals surface area contributed by atoms with Gasteiger partial charge in [-0.15, -0.1) is 5.10 Å². The van der Waals surface area contributed by atoms with Crippen LogP contribution >= 0.6 is 0 Å². The van der Waals surface area contributed by atoms with E-state index < -0.39 is 0 Å². The van der Waals surface area contributed by atoms with E-state index in [1.807, 2.05) is 6.92 Å². The minimum atomic E-state index is -0.316. The maximum absolute atomic E-state index is 12.0. The summed E-state index contributed by atoms with van der Waals surface area (Å²) in [6, 6.07) is 0. The van der Waals surface area contributed by atoms with Crippen LogP contribution in [0.25, 0.3) is 0 Å². The number of nitrogens with one attached hydrogen (secondary N) is 1. The summed E-state index contributed by atoms with van der Waals surface area (Å²) in [5.74, 6) is 0.214. The number of amides is 1. The average molecular weight is 268 g/mol. The quantitative estimate of drug-likeness (QED) is 0.738. The second-order valence-corrected chi connectivity index (χ2v) is 4.14. The van der Waals surface area contributed by atoms with Gasteiger partial charge in [-0.1, -0.05) is 6.92 Å². The van der Waals surface area contributed by atoms with Gasteiger partial charge in [-0.05, 0) is 13.3 Å². The number of nitrogens with zero attached hydrogens (tertiary/aromatic N) is 3. The number of carbonyl (C=O) groups excluding carboxylic acids is 2. The van der Waals surface area contributed by atoms with Crippen LogP contribution in [0.2, 0.25) is 0 Å². The third kappa shape index (κ3) is 4.69. The molecule has 0 bridgehead atoms. The molecule has 0 aliphatic rings. The number of hydrogen-bond donors (Lipinski definition) is 1. The van der Waals surface area contributed by atoms with E-state index in [1.54, 1.807) is 14.0 Å². The number of H-pyrrole nitrogens is 1. The van der Waals surface area contributed by atoms with Crippen molar-refractivity contribution in [1.29, 1.82) is 0 Å². The molecule has 7 nitrogen and oxygen atoms in total. The first-order valence-corrected chi connectivity index (χ1v) is 6.40. The van der Waals surface area contributed by atoms with Crippen LogP contribution in [-0.4, -0.2) is 52.2 Å². The largest absolute Gasteiger partial charge is 0.466 e. The SMILES string of the molecule is CCCc1nc(C(=O)N(C)CCC(=O)OCC)n[nH]1. The molecule has 1 N–H and O–H groups in total. The summed E-state index contributed by atoms with van der Waals surface area (Å²) in [5.41, 5.74) is 0. The van der Waals surface area contributed by atoms with Crippen molar-refractivity contribution in [2.45, 2.75) is 33.1 Å². The molecule has 1 aromatic rings. The van der Waals surface area contributed by atoms with Crippen molar-refractivity contribution in [2.24, 2.45) is 0 Å². The van der Waals surface area contributed by atoms with Crippen molar-refractivity contribution >= 4 is 11.9 Å². The van der Waals surface area contributed by atoms with Gasteiger partial charge >= 0.3 is 5.97 Å². The molecule has 0 fully saturated rings. The van der Waals surface area contributed by atoms with Crippen LogP contribution in [0.15, 0.2) is 0 Å². The predicted octanol–water partition coefficient (Wildman–Crippen LogP) is 0.782. The highest BCUT2D eigenvalue weighted by molar-refractivity contribution is 5.90. The molecule has 19 heavy (non-hydrogen) atoms. The Balaban J connectivity index is 2.49. The van der Waals surface area contributed by atoms with E-state index in [-0.39, 0.29) is 30.7 Å². The molecule has 0 unspecified atom stereocenters. The summed E-state index contributed by atoms with van der Waals surface area (Å²) in [5, 5.41) is 6.60. The van der Waals surface area contributed by atoms with Gasteiger partial charge in [0.2, 0.25) is 5.82 Å². The van der Waals surface area contributed by atoms with E-state index in [2.05, 4.69) is 15.2 Å². The average Bonchev–Trinajstić information content (AvgIpc) is 2.84. The third-order valence-electron chi connectivity index (χ3n) is 2.51. The molecule has 0 atom stereocenters.